The van der Waals surface area contributed by atoms with Crippen LogP contribution in [0.1, 0.15) is 47.1 Å². The molecule has 7 nitrogen and oxygen atoms in total. The molecule has 2 aromatic rings. The summed E-state index contributed by atoms with van der Waals surface area (Å²) in [5.74, 6) is -1.72. The summed E-state index contributed by atoms with van der Waals surface area (Å²) in [6.45, 7) is 6.04. The van der Waals surface area contributed by atoms with E-state index in [4.69, 9.17) is 18.9 Å². The minimum absolute atomic E-state index is 0.00147. The van der Waals surface area contributed by atoms with Crippen molar-refractivity contribution >= 4 is 11.9 Å². The van der Waals surface area contributed by atoms with Crippen LogP contribution in [0.5, 0.6) is 17.2 Å². The van der Waals surface area contributed by atoms with Crippen LogP contribution in [-0.2, 0) is 11.3 Å². The molecule has 0 aliphatic heterocycles. The van der Waals surface area contributed by atoms with Crippen molar-refractivity contribution in [2.75, 3.05) is 19.8 Å². The first kappa shape index (κ1) is 21.1. The molecule has 0 bridgehead atoms. The number of benzene rings is 2. The number of aromatic carboxylic acids is 1. The Bertz CT molecular complexity index is 815. The molecule has 0 saturated carbocycles. The number of esters is 1. The normalized spacial score (nSPS) is 10.2. The first-order valence-electron chi connectivity index (χ1n) is 9.07. The van der Waals surface area contributed by atoms with E-state index in [9.17, 15) is 14.7 Å². The lowest BCUT2D eigenvalue weighted by Gasteiger charge is -2.19. The van der Waals surface area contributed by atoms with Gasteiger partial charge in [-0.05, 0) is 32.4 Å². The molecule has 0 atom stereocenters. The van der Waals surface area contributed by atoms with Gasteiger partial charge in [-0.15, -0.1) is 0 Å². The van der Waals surface area contributed by atoms with Gasteiger partial charge in [-0.1, -0.05) is 30.3 Å². The van der Waals surface area contributed by atoms with E-state index in [1.165, 1.54) is 6.07 Å². The summed E-state index contributed by atoms with van der Waals surface area (Å²) >= 11 is 0. The Balaban J connectivity index is 2.53. The second-order valence-corrected chi connectivity index (χ2v) is 5.62. The average Bonchev–Trinajstić information content (AvgIpc) is 2.69. The second-order valence-electron chi connectivity index (χ2n) is 5.62. The van der Waals surface area contributed by atoms with Gasteiger partial charge in [0.1, 0.15) is 12.2 Å². The van der Waals surface area contributed by atoms with Crippen LogP contribution < -0.4 is 14.2 Å². The van der Waals surface area contributed by atoms with Crippen molar-refractivity contribution in [3.05, 3.63) is 53.1 Å². The SMILES string of the molecule is CCOc1cc(C(=O)O)c(C(=O)OCc2ccccc2)c(OCC)c1OCC. The molecule has 0 aliphatic rings. The molecule has 0 aliphatic carbocycles. The molecular formula is C21H24O7. The summed E-state index contributed by atoms with van der Waals surface area (Å²) in [7, 11) is 0. The summed E-state index contributed by atoms with van der Waals surface area (Å²) in [5.41, 5.74) is 0.312. The van der Waals surface area contributed by atoms with E-state index in [1.807, 2.05) is 18.2 Å². The van der Waals surface area contributed by atoms with Crippen molar-refractivity contribution in [2.24, 2.45) is 0 Å². The number of hydrogen-bond donors (Lipinski definition) is 1. The van der Waals surface area contributed by atoms with Crippen LogP contribution in [0.25, 0.3) is 0 Å². The summed E-state index contributed by atoms with van der Waals surface area (Å²) < 4.78 is 22.1. The van der Waals surface area contributed by atoms with Gasteiger partial charge < -0.3 is 24.1 Å². The van der Waals surface area contributed by atoms with Crippen LogP contribution in [-0.4, -0.2) is 36.9 Å². The molecule has 0 aromatic heterocycles. The summed E-state index contributed by atoms with van der Waals surface area (Å²) in [5, 5.41) is 9.65. The molecule has 0 fully saturated rings. The Morgan fingerprint density at radius 1 is 0.893 bits per heavy atom. The molecule has 1 N–H and O–H groups in total. The Kier molecular flexibility index (Phi) is 7.68. The molecule has 7 heteroatoms. The molecule has 150 valence electrons. The fourth-order valence-electron chi connectivity index (χ4n) is 2.61. The van der Waals surface area contributed by atoms with Crippen molar-refractivity contribution in [3.8, 4) is 17.2 Å². The topological polar surface area (TPSA) is 91.3 Å². The minimum atomic E-state index is -1.29. The number of ether oxygens (including phenoxy) is 4. The lowest BCUT2D eigenvalue weighted by atomic mass is 10.0. The van der Waals surface area contributed by atoms with E-state index in [1.54, 1.807) is 32.9 Å². The molecular weight excluding hydrogens is 364 g/mol. The lowest BCUT2D eigenvalue weighted by Crippen LogP contribution is -2.16. The molecule has 28 heavy (non-hydrogen) atoms. The average molecular weight is 388 g/mol. The van der Waals surface area contributed by atoms with Gasteiger partial charge in [0.2, 0.25) is 5.75 Å². The maximum atomic E-state index is 12.8. The van der Waals surface area contributed by atoms with E-state index < -0.39 is 11.9 Å². The molecule has 0 spiro atoms. The maximum absolute atomic E-state index is 12.8. The monoisotopic (exact) mass is 388 g/mol. The lowest BCUT2D eigenvalue weighted by molar-refractivity contribution is 0.0457. The van der Waals surface area contributed by atoms with Crippen molar-refractivity contribution in [3.63, 3.8) is 0 Å². The van der Waals surface area contributed by atoms with Crippen LogP contribution in [0.2, 0.25) is 0 Å². The highest BCUT2D eigenvalue weighted by molar-refractivity contribution is 6.06. The molecule has 2 rings (SSSR count). The third-order valence-corrected chi connectivity index (χ3v) is 3.73. The van der Waals surface area contributed by atoms with Crippen molar-refractivity contribution < 1.29 is 33.6 Å². The van der Waals surface area contributed by atoms with Gasteiger partial charge in [0.25, 0.3) is 0 Å². The van der Waals surface area contributed by atoms with Gasteiger partial charge in [0.05, 0.1) is 25.4 Å². The first-order chi connectivity index (χ1) is 13.5. The van der Waals surface area contributed by atoms with E-state index >= 15 is 0 Å². The molecule has 2 aromatic carbocycles. The third-order valence-electron chi connectivity index (χ3n) is 3.73. The second kappa shape index (κ2) is 10.2. The fourth-order valence-corrected chi connectivity index (χ4v) is 2.61. The Hall–Kier alpha value is -3.22. The van der Waals surface area contributed by atoms with Gasteiger partial charge >= 0.3 is 11.9 Å². The number of carbonyl (C=O) groups excluding carboxylic acids is 1. The van der Waals surface area contributed by atoms with Crippen LogP contribution in [0.3, 0.4) is 0 Å². The molecule has 0 radical (unpaired) electrons. The highest BCUT2D eigenvalue weighted by Gasteiger charge is 2.30. The van der Waals surface area contributed by atoms with Crippen molar-refractivity contribution in [1.82, 2.24) is 0 Å². The summed E-state index contributed by atoms with van der Waals surface area (Å²) in [4.78, 5) is 24.6. The van der Waals surface area contributed by atoms with Crippen LogP contribution in [0, 0.1) is 0 Å². The van der Waals surface area contributed by atoms with Gasteiger partial charge in [-0.2, -0.15) is 0 Å². The number of carbonyl (C=O) groups is 2. The highest BCUT2D eigenvalue weighted by atomic mass is 16.6. The van der Waals surface area contributed by atoms with Crippen LogP contribution in [0.4, 0.5) is 0 Å². The van der Waals surface area contributed by atoms with E-state index in [0.29, 0.717) is 6.61 Å². The maximum Gasteiger partial charge on any atom is 0.343 e. The number of hydrogen-bond acceptors (Lipinski definition) is 6. The smallest absolute Gasteiger partial charge is 0.343 e. The van der Waals surface area contributed by atoms with Crippen LogP contribution in [0.15, 0.2) is 36.4 Å². The van der Waals surface area contributed by atoms with Crippen molar-refractivity contribution in [1.29, 1.82) is 0 Å². The zero-order chi connectivity index (χ0) is 20.5. The molecule has 0 heterocycles. The van der Waals surface area contributed by atoms with Gasteiger partial charge in [0, 0.05) is 0 Å². The third kappa shape index (κ3) is 4.94. The van der Waals surface area contributed by atoms with Crippen LogP contribution >= 0.6 is 0 Å². The van der Waals surface area contributed by atoms with E-state index in [2.05, 4.69) is 0 Å². The number of carboxylic acids is 1. The summed E-state index contributed by atoms with van der Waals surface area (Å²) in [6, 6.07) is 10.4. The summed E-state index contributed by atoms with van der Waals surface area (Å²) in [6.07, 6.45) is 0. The van der Waals surface area contributed by atoms with E-state index in [0.717, 1.165) is 5.56 Å². The van der Waals surface area contributed by atoms with Gasteiger partial charge in [-0.25, -0.2) is 9.59 Å². The first-order valence-corrected chi connectivity index (χ1v) is 9.07. The quantitative estimate of drug-likeness (QED) is 0.617. The number of rotatable bonds is 10. The molecule has 0 saturated heterocycles. The van der Waals surface area contributed by atoms with Gasteiger partial charge in [0.15, 0.2) is 11.5 Å². The standard InChI is InChI=1S/C21H24O7/c1-4-25-16-12-15(20(22)23)17(19(27-6-3)18(16)26-5-2)21(24)28-13-14-10-8-7-9-11-14/h7-12H,4-6,13H2,1-3H3,(H,22,23). The Labute approximate surface area is 163 Å². The Morgan fingerprint density at radius 3 is 2.07 bits per heavy atom. The zero-order valence-electron chi connectivity index (χ0n) is 16.2. The molecule has 0 amide bonds. The van der Waals surface area contributed by atoms with Gasteiger partial charge in [-0.3, -0.25) is 0 Å². The number of carboxylic acid groups (broad SMARTS) is 1. The van der Waals surface area contributed by atoms with Crippen molar-refractivity contribution in [2.45, 2.75) is 27.4 Å². The fraction of sp³-hybridized carbons (Fsp3) is 0.333. The largest absolute Gasteiger partial charge is 0.490 e. The predicted octanol–water partition coefficient (Wildman–Crippen LogP) is 3.94. The highest BCUT2D eigenvalue weighted by Crippen LogP contribution is 2.43. The zero-order valence-corrected chi connectivity index (χ0v) is 16.2. The predicted molar refractivity (Wildman–Crippen MR) is 102 cm³/mol. The minimum Gasteiger partial charge on any atom is -0.490 e. The van der Waals surface area contributed by atoms with E-state index in [-0.39, 0.29) is 48.2 Å². The Morgan fingerprint density at radius 2 is 1.50 bits per heavy atom. The molecule has 0 unspecified atom stereocenters.